The number of fused-ring (bicyclic) bond motifs is 1. The topological polar surface area (TPSA) is 63.9 Å². The summed E-state index contributed by atoms with van der Waals surface area (Å²) in [6.45, 7) is 6.68. The van der Waals surface area contributed by atoms with Crippen molar-refractivity contribution in [2.75, 3.05) is 19.7 Å². The Labute approximate surface area is 146 Å². The van der Waals surface area contributed by atoms with Gasteiger partial charge >= 0.3 is 5.97 Å². The van der Waals surface area contributed by atoms with E-state index < -0.39 is 5.82 Å². The van der Waals surface area contributed by atoms with Crippen LogP contribution in [0.5, 0.6) is 0 Å². The zero-order chi connectivity index (χ0) is 18.4. The van der Waals surface area contributed by atoms with Crippen LogP contribution in [0, 0.1) is 5.82 Å². The molecular formula is C18H24FN3O3. The highest BCUT2D eigenvalue weighted by molar-refractivity contribution is 5.95. The van der Waals surface area contributed by atoms with Crippen LogP contribution in [0.1, 0.15) is 49.8 Å². The van der Waals surface area contributed by atoms with Crippen molar-refractivity contribution >= 4 is 17.5 Å². The van der Waals surface area contributed by atoms with E-state index in [1.54, 1.807) is 17.9 Å². The zero-order valence-electron chi connectivity index (χ0n) is 14.9. The maximum absolute atomic E-state index is 13.6. The number of carbonyl (C=O) groups is 2. The van der Waals surface area contributed by atoms with Crippen molar-refractivity contribution in [1.29, 1.82) is 0 Å². The molecule has 0 atom stereocenters. The third-order valence-electron chi connectivity index (χ3n) is 3.86. The lowest BCUT2D eigenvalue weighted by Gasteiger charge is -2.22. The third kappa shape index (κ3) is 4.35. The van der Waals surface area contributed by atoms with Crippen molar-refractivity contribution in [2.24, 2.45) is 0 Å². The minimum absolute atomic E-state index is 0.131. The van der Waals surface area contributed by atoms with Crippen LogP contribution in [0.4, 0.5) is 4.39 Å². The van der Waals surface area contributed by atoms with Crippen LogP contribution in [0.25, 0.3) is 5.65 Å². The molecule has 0 saturated heterocycles. The fourth-order valence-electron chi connectivity index (χ4n) is 2.73. The zero-order valence-corrected chi connectivity index (χ0v) is 14.9. The average molecular weight is 349 g/mol. The molecule has 0 aliphatic heterocycles. The number of aromatic nitrogens is 2. The van der Waals surface area contributed by atoms with E-state index in [1.807, 2.05) is 13.8 Å². The molecule has 2 aromatic rings. The van der Waals surface area contributed by atoms with Crippen LogP contribution < -0.4 is 0 Å². The Bertz CT molecular complexity index is 757. The fourth-order valence-corrected chi connectivity index (χ4v) is 2.73. The number of carbonyl (C=O) groups excluding carboxylic acids is 2. The van der Waals surface area contributed by atoms with Crippen LogP contribution >= 0.6 is 0 Å². The highest BCUT2D eigenvalue weighted by Gasteiger charge is 2.24. The molecule has 0 fully saturated rings. The number of hydrogen-bond donors (Lipinski definition) is 0. The minimum atomic E-state index is -0.435. The van der Waals surface area contributed by atoms with E-state index in [1.165, 1.54) is 16.7 Å². The average Bonchev–Trinajstić information content (AvgIpc) is 2.95. The van der Waals surface area contributed by atoms with Crippen LogP contribution in [0.15, 0.2) is 18.3 Å². The summed E-state index contributed by atoms with van der Waals surface area (Å²) >= 11 is 0. The first-order chi connectivity index (χ1) is 12.0. The number of nitrogens with zero attached hydrogens (tertiary/aromatic N) is 3. The van der Waals surface area contributed by atoms with Gasteiger partial charge in [0, 0.05) is 19.3 Å². The first kappa shape index (κ1) is 18.9. The SMILES string of the molecule is CCCN(CCC(=O)OCC)C(=O)c1c(CC)nc2ccc(F)cn12. The van der Waals surface area contributed by atoms with E-state index in [0.717, 1.165) is 6.42 Å². The Morgan fingerprint density at radius 1 is 1.24 bits per heavy atom. The van der Waals surface area contributed by atoms with E-state index in [-0.39, 0.29) is 24.8 Å². The summed E-state index contributed by atoms with van der Waals surface area (Å²) in [7, 11) is 0. The number of halogens is 1. The van der Waals surface area contributed by atoms with Gasteiger partial charge in [-0.15, -0.1) is 0 Å². The largest absolute Gasteiger partial charge is 0.466 e. The van der Waals surface area contributed by atoms with Gasteiger partial charge in [0.1, 0.15) is 17.2 Å². The van der Waals surface area contributed by atoms with Gasteiger partial charge in [-0.1, -0.05) is 13.8 Å². The Morgan fingerprint density at radius 3 is 2.64 bits per heavy atom. The van der Waals surface area contributed by atoms with Gasteiger partial charge in [-0.3, -0.25) is 14.0 Å². The predicted octanol–water partition coefficient (Wildman–Crippen LogP) is 2.84. The summed E-state index contributed by atoms with van der Waals surface area (Å²) in [4.78, 5) is 30.7. The second-order valence-corrected chi connectivity index (χ2v) is 5.68. The van der Waals surface area contributed by atoms with Crippen molar-refractivity contribution in [3.05, 3.63) is 35.5 Å². The molecule has 0 radical (unpaired) electrons. The molecule has 2 rings (SSSR count). The van der Waals surface area contributed by atoms with Crippen molar-refractivity contribution in [1.82, 2.24) is 14.3 Å². The lowest BCUT2D eigenvalue weighted by atomic mass is 10.2. The molecule has 0 unspecified atom stereocenters. The molecule has 25 heavy (non-hydrogen) atoms. The van der Waals surface area contributed by atoms with Gasteiger partial charge < -0.3 is 9.64 Å². The van der Waals surface area contributed by atoms with E-state index in [0.29, 0.717) is 36.6 Å². The number of aryl methyl sites for hydroxylation is 1. The smallest absolute Gasteiger partial charge is 0.307 e. The molecule has 0 saturated carbocycles. The van der Waals surface area contributed by atoms with Gasteiger partial charge in [0.15, 0.2) is 0 Å². The maximum Gasteiger partial charge on any atom is 0.307 e. The fraction of sp³-hybridized carbons (Fsp3) is 0.500. The van der Waals surface area contributed by atoms with Crippen molar-refractivity contribution < 1.29 is 18.7 Å². The molecule has 2 heterocycles. The van der Waals surface area contributed by atoms with Crippen LogP contribution in [0.2, 0.25) is 0 Å². The number of pyridine rings is 1. The van der Waals surface area contributed by atoms with Crippen LogP contribution in [-0.4, -0.2) is 45.9 Å². The Morgan fingerprint density at radius 2 is 2.00 bits per heavy atom. The number of esters is 1. The molecule has 0 bridgehead atoms. The number of amides is 1. The number of rotatable bonds is 8. The standard InChI is InChI=1S/C18H24FN3O3/c1-4-10-21(11-9-16(23)25-6-3)18(24)17-14(5-2)20-15-8-7-13(19)12-22(15)17/h7-8,12H,4-6,9-11H2,1-3H3. The summed E-state index contributed by atoms with van der Waals surface area (Å²) < 4.78 is 20.1. The second kappa shape index (κ2) is 8.60. The first-order valence-corrected chi connectivity index (χ1v) is 8.63. The molecule has 136 valence electrons. The molecule has 0 N–H and O–H groups in total. The summed E-state index contributed by atoms with van der Waals surface area (Å²) in [6, 6.07) is 2.87. The molecular weight excluding hydrogens is 325 g/mol. The van der Waals surface area contributed by atoms with Gasteiger partial charge in [-0.25, -0.2) is 9.37 Å². The van der Waals surface area contributed by atoms with Gasteiger partial charge in [0.05, 0.1) is 18.7 Å². The van der Waals surface area contributed by atoms with Gasteiger partial charge in [-0.2, -0.15) is 0 Å². The summed E-state index contributed by atoms with van der Waals surface area (Å²) in [5, 5.41) is 0. The summed E-state index contributed by atoms with van der Waals surface area (Å²) in [5.74, 6) is -1.02. The molecule has 1 amide bonds. The normalized spacial score (nSPS) is 10.9. The molecule has 2 aromatic heterocycles. The number of hydrogen-bond acceptors (Lipinski definition) is 4. The predicted molar refractivity (Wildman–Crippen MR) is 92.0 cm³/mol. The highest BCUT2D eigenvalue weighted by Crippen LogP contribution is 2.17. The van der Waals surface area contributed by atoms with Gasteiger partial charge in [-0.05, 0) is 31.9 Å². The van der Waals surface area contributed by atoms with Gasteiger partial charge in [0.2, 0.25) is 0 Å². The molecule has 0 aliphatic rings. The lowest BCUT2D eigenvalue weighted by Crippen LogP contribution is -2.35. The highest BCUT2D eigenvalue weighted by atomic mass is 19.1. The van der Waals surface area contributed by atoms with Crippen molar-refractivity contribution in [3.8, 4) is 0 Å². The van der Waals surface area contributed by atoms with Crippen LogP contribution in [0.3, 0.4) is 0 Å². The Balaban J connectivity index is 2.33. The van der Waals surface area contributed by atoms with Crippen molar-refractivity contribution in [2.45, 2.75) is 40.0 Å². The van der Waals surface area contributed by atoms with E-state index in [2.05, 4.69) is 4.98 Å². The number of imidazole rings is 1. The van der Waals surface area contributed by atoms with Crippen LogP contribution in [-0.2, 0) is 16.0 Å². The monoisotopic (exact) mass is 349 g/mol. The third-order valence-corrected chi connectivity index (χ3v) is 3.86. The quantitative estimate of drug-likeness (QED) is 0.688. The molecule has 0 spiro atoms. The Hall–Kier alpha value is -2.44. The minimum Gasteiger partial charge on any atom is -0.466 e. The Kier molecular flexibility index (Phi) is 6.50. The molecule has 6 nitrogen and oxygen atoms in total. The molecule has 0 aliphatic carbocycles. The summed E-state index contributed by atoms with van der Waals surface area (Å²) in [6.07, 6.45) is 2.71. The molecule has 0 aromatic carbocycles. The second-order valence-electron chi connectivity index (χ2n) is 5.68. The van der Waals surface area contributed by atoms with Gasteiger partial charge in [0.25, 0.3) is 5.91 Å². The first-order valence-electron chi connectivity index (χ1n) is 8.63. The lowest BCUT2D eigenvalue weighted by molar-refractivity contribution is -0.143. The van der Waals surface area contributed by atoms with Crippen molar-refractivity contribution in [3.63, 3.8) is 0 Å². The maximum atomic E-state index is 13.6. The van der Waals surface area contributed by atoms with E-state index in [9.17, 15) is 14.0 Å². The molecule has 7 heteroatoms. The summed E-state index contributed by atoms with van der Waals surface area (Å²) in [5.41, 5.74) is 1.51. The van der Waals surface area contributed by atoms with E-state index in [4.69, 9.17) is 4.74 Å². The number of ether oxygens (including phenoxy) is 1. The van der Waals surface area contributed by atoms with E-state index >= 15 is 0 Å².